The third-order valence-corrected chi connectivity index (χ3v) is 4.68. The number of aryl methyl sites for hydroxylation is 2. The Kier molecular flexibility index (Phi) is 5.26. The molecule has 0 radical (unpaired) electrons. The minimum absolute atomic E-state index is 0.0848. The highest BCUT2D eigenvalue weighted by molar-refractivity contribution is 5.83. The van der Waals surface area contributed by atoms with Crippen LogP contribution in [0.2, 0.25) is 0 Å². The summed E-state index contributed by atoms with van der Waals surface area (Å²) >= 11 is 0. The largest absolute Gasteiger partial charge is 0.479 e. The fourth-order valence-electron chi connectivity index (χ4n) is 3.25. The SMILES string of the molecule is Cc1cccc(C)c1C(C(=O)O)N(C(=O)OCc1ccccc1)C1CC1. The third kappa shape index (κ3) is 3.87. The van der Waals surface area contributed by atoms with Crippen LogP contribution in [0.25, 0.3) is 0 Å². The standard InChI is InChI=1S/C21H23NO4/c1-14-7-6-8-15(2)18(14)19(20(23)24)22(17-11-12-17)21(25)26-13-16-9-4-3-5-10-16/h3-10,17,19H,11-13H2,1-2H3,(H,23,24). The van der Waals surface area contributed by atoms with Gasteiger partial charge in [0.1, 0.15) is 6.61 Å². The first-order valence-electron chi connectivity index (χ1n) is 8.77. The zero-order valence-corrected chi connectivity index (χ0v) is 15.0. The molecule has 1 aliphatic rings. The van der Waals surface area contributed by atoms with E-state index in [0.717, 1.165) is 29.5 Å². The summed E-state index contributed by atoms with van der Waals surface area (Å²) in [5.74, 6) is -1.04. The first kappa shape index (κ1) is 18.0. The van der Waals surface area contributed by atoms with Crippen LogP contribution in [0.15, 0.2) is 48.5 Å². The number of benzene rings is 2. The van der Waals surface area contributed by atoms with Gasteiger partial charge in [-0.05, 0) is 48.9 Å². The van der Waals surface area contributed by atoms with Gasteiger partial charge in [0.05, 0.1) is 0 Å². The molecule has 26 heavy (non-hydrogen) atoms. The zero-order chi connectivity index (χ0) is 18.7. The first-order chi connectivity index (χ1) is 12.5. The number of carbonyl (C=O) groups excluding carboxylic acids is 1. The topological polar surface area (TPSA) is 66.8 Å². The van der Waals surface area contributed by atoms with Gasteiger partial charge < -0.3 is 9.84 Å². The molecule has 0 spiro atoms. The molecular formula is C21H23NO4. The first-order valence-corrected chi connectivity index (χ1v) is 8.77. The van der Waals surface area contributed by atoms with Crippen molar-refractivity contribution in [3.05, 3.63) is 70.8 Å². The van der Waals surface area contributed by atoms with Crippen LogP contribution in [0, 0.1) is 13.8 Å². The van der Waals surface area contributed by atoms with Gasteiger partial charge in [-0.25, -0.2) is 9.59 Å². The number of nitrogens with zero attached hydrogens (tertiary/aromatic N) is 1. The molecule has 0 aromatic heterocycles. The van der Waals surface area contributed by atoms with Crippen LogP contribution in [0.1, 0.15) is 41.1 Å². The van der Waals surface area contributed by atoms with Gasteiger partial charge in [0.2, 0.25) is 0 Å². The second-order valence-electron chi connectivity index (χ2n) is 6.72. The van der Waals surface area contributed by atoms with Gasteiger partial charge in [0, 0.05) is 6.04 Å². The number of hydrogen-bond donors (Lipinski definition) is 1. The van der Waals surface area contributed by atoms with Gasteiger partial charge >= 0.3 is 12.1 Å². The Morgan fingerprint density at radius 1 is 1.08 bits per heavy atom. The van der Waals surface area contributed by atoms with Crippen LogP contribution in [0.5, 0.6) is 0 Å². The van der Waals surface area contributed by atoms with Crippen LogP contribution >= 0.6 is 0 Å². The fraction of sp³-hybridized carbons (Fsp3) is 0.333. The lowest BCUT2D eigenvalue weighted by atomic mass is 9.95. The normalized spacial score (nSPS) is 14.5. The summed E-state index contributed by atoms with van der Waals surface area (Å²) < 4.78 is 5.45. The van der Waals surface area contributed by atoms with Crippen LogP contribution in [-0.2, 0) is 16.1 Å². The van der Waals surface area contributed by atoms with Crippen molar-refractivity contribution in [1.82, 2.24) is 4.90 Å². The zero-order valence-electron chi connectivity index (χ0n) is 15.0. The van der Waals surface area contributed by atoms with Gasteiger partial charge in [-0.15, -0.1) is 0 Å². The molecule has 3 rings (SSSR count). The van der Waals surface area contributed by atoms with Crippen molar-refractivity contribution in [3.8, 4) is 0 Å². The molecule has 1 fully saturated rings. The Morgan fingerprint density at radius 2 is 1.69 bits per heavy atom. The number of rotatable bonds is 6. The van der Waals surface area contributed by atoms with E-state index in [4.69, 9.17) is 4.74 Å². The molecule has 2 aromatic carbocycles. The molecule has 0 saturated heterocycles. The van der Waals surface area contributed by atoms with E-state index >= 15 is 0 Å². The Morgan fingerprint density at radius 3 is 2.23 bits per heavy atom. The van der Waals surface area contributed by atoms with Crippen LogP contribution in [-0.4, -0.2) is 28.1 Å². The highest BCUT2D eigenvalue weighted by atomic mass is 16.6. The number of carbonyl (C=O) groups is 2. The molecule has 5 nitrogen and oxygen atoms in total. The number of aliphatic carboxylic acids is 1. The molecule has 0 heterocycles. The molecule has 1 atom stereocenters. The number of hydrogen-bond acceptors (Lipinski definition) is 3. The molecule has 0 aliphatic heterocycles. The van der Waals surface area contributed by atoms with E-state index in [0.29, 0.717) is 5.56 Å². The van der Waals surface area contributed by atoms with Crippen molar-refractivity contribution in [2.45, 2.75) is 45.4 Å². The van der Waals surface area contributed by atoms with E-state index in [1.165, 1.54) is 4.90 Å². The minimum Gasteiger partial charge on any atom is -0.479 e. The molecule has 1 aliphatic carbocycles. The third-order valence-electron chi connectivity index (χ3n) is 4.68. The summed E-state index contributed by atoms with van der Waals surface area (Å²) in [5.41, 5.74) is 3.26. The van der Waals surface area contributed by atoms with Crippen LogP contribution < -0.4 is 0 Å². The summed E-state index contributed by atoms with van der Waals surface area (Å²) in [4.78, 5) is 26.3. The van der Waals surface area contributed by atoms with E-state index in [-0.39, 0.29) is 12.6 Å². The van der Waals surface area contributed by atoms with Crippen molar-refractivity contribution in [1.29, 1.82) is 0 Å². The van der Waals surface area contributed by atoms with Crippen LogP contribution in [0.3, 0.4) is 0 Å². The Balaban J connectivity index is 1.87. The lowest BCUT2D eigenvalue weighted by molar-refractivity contribution is -0.143. The summed E-state index contributed by atoms with van der Waals surface area (Å²) in [5, 5.41) is 9.91. The molecular weight excluding hydrogens is 330 g/mol. The lowest BCUT2D eigenvalue weighted by Crippen LogP contribution is -2.41. The highest BCUT2D eigenvalue weighted by Gasteiger charge is 2.43. The molecule has 2 aromatic rings. The fourth-order valence-corrected chi connectivity index (χ4v) is 3.25. The van der Waals surface area contributed by atoms with Gasteiger partial charge in [-0.2, -0.15) is 0 Å². The summed E-state index contributed by atoms with van der Waals surface area (Å²) in [6, 6.07) is 13.9. The summed E-state index contributed by atoms with van der Waals surface area (Å²) in [6.45, 7) is 3.87. The average Bonchev–Trinajstić information content (AvgIpc) is 3.44. The van der Waals surface area contributed by atoms with E-state index in [2.05, 4.69) is 0 Å². The Hall–Kier alpha value is -2.82. The monoisotopic (exact) mass is 353 g/mol. The maximum atomic E-state index is 12.8. The number of ether oxygens (including phenoxy) is 1. The Labute approximate surface area is 153 Å². The average molecular weight is 353 g/mol. The van der Waals surface area contributed by atoms with E-state index in [1.54, 1.807) is 0 Å². The summed E-state index contributed by atoms with van der Waals surface area (Å²) in [7, 11) is 0. The van der Waals surface area contributed by atoms with Crippen LogP contribution in [0.4, 0.5) is 4.79 Å². The van der Waals surface area contributed by atoms with E-state index in [9.17, 15) is 14.7 Å². The maximum Gasteiger partial charge on any atom is 0.411 e. The van der Waals surface area contributed by atoms with Gasteiger partial charge in [0.15, 0.2) is 6.04 Å². The van der Waals surface area contributed by atoms with E-state index < -0.39 is 18.1 Å². The quantitative estimate of drug-likeness (QED) is 0.844. The van der Waals surface area contributed by atoms with Gasteiger partial charge in [0.25, 0.3) is 0 Å². The van der Waals surface area contributed by atoms with Gasteiger partial charge in [-0.3, -0.25) is 4.90 Å². The molecule has 0 bridgehead atoms. The van der Waals surface area contributed by atoms with Crippen molar-refractivity contribution in [2.24, 2.45) is 0 Å². The maximum absolute atomic E-state index is 12.8. The molecule has 1 N–H and O–H groups in total. The molecule has 1 saturated carbocycles. The highest BCUT2D eigenvalue weighted by Crippen LogP contribution is 2.37. The molecule has 1 unspecified atom stereocenters. The van der Waals surface area contributed by atoms with Crippen molar-refractivity contribution in [3.63, 3.8) is 0 Å². The number of carboxylic acids is 1. The second kappa shape index (κ2) is 7.60. The number of amides is 1. The van der Waals surface area contributed by atoms with Crippen molar-refractivity contribution in [2.75, 3.05) is 0 Å². The predicted molar refractivity (Wildman–Crippen MR) is 97.8 cm³/mol. The lowest BCUT2D eigenvalue weighted by Gasteiger charge is -2.30. The molecule has 1 amide bonds. The van der Waals surface area contributed by atoms with E-state index in [1.807, 2.05) is 62.4 Å². The Bertz CT molecular complexity index is 779. The van der Waals surface area contributed by atoms with Crippen molar-refractivity contribution >= 4 is 12.1 Å². The predicted octanol–water partition coefficient (Wildman–Crippen LogP) is 4.23. The molecule has 136 valence electrons. The summed E-state index contributed by atoms with van der Waals surface area (Å²) in [6.07, 6.45) is 1.02. The smallest absolute Gasteiger partial charge is 0.411 e. The molecule has 5 heteroatoms. The minimum atomic E-state index is -1.04. The van der Waals surface area contributed by atoms with Crippen molar-refractivity contribution < 1.29 is 19.4 Å². The van der Waals surface area contributed by atoms with Gasteiger partial charge in [-0.1, -0.05) is 48.5 Å². The second-order valence-corrected chi connectivity index (χ2v) is 6.72. The number of carboxylic acid groups (broad SMARTS) is 1.